The Bertz CT molecular complexity index is 768. The van der Waals surface area contributed by atoms with Gasteiger partial charge >= 0.3 is 0 Å². The Hall–Kier alpha value is -2.24. The fourth-order valence-corrected chi connectivity index (χ4v) is 3.11. The van der Waals surface area contributed by atoms with Crippen LogP contribution < -0.4 is 10.2 Å². The summed E-state index contributed by atoms with van der Waals surface area (Å²) < 4.78 is 0. The van der Waals surface area contributed by atoms with Gasteiger partial charge in [0.15, 0.2) is 5.65 Å². The predicted molar refractivity (Wildman–Crippen MR) is 95.5 cm³/mol. The van der Waals surface area contributed by atoms with Crippen molar-refractivity contribution < 1.29 is 4.79 Å². The van der Waals surface area contributed by atoms with Gasteiger partial charge in [-0.1, -0.05) is 6.92 Å². The fourth-order valence-electron chi connectivity index (χ4n) is 3.11. The number of nitrogens with zero attached hydrogens (tertiary/aromatic N) is 4. The summed E-state index contributed by atoms with van der Waals surface area (Å²) in [6.07, 6.45) is 3.17. The number of nitrogens with one attached hydrogen (secondary N) is 1. The Kier molecular flexibility index (Phi) is 4.64. The van der Waals surface area contributed by atoms with Gasteiger partial charge in [-0.2, -0.15) is 0 Å². The Balaban J connectivity index is 2.12. The summed E-state index contributed by atoms with van der Waals surface area (Å²) in [7, 11) is 0. The molecule has 3 rings (SSSR count). The number of amides is 1. The second-order valence-corrected chi connectivity index (χ2v) is 6.63. The smallest absolute Gasteiger partial charge is 0.289 e. The number of aromatic nitrogens is 3. The van der Waals surface area contributed by atoms with Crippen LogP contribution in [0.1, 0.15) is 55.0 Å². The van der Waals surface area contributed by atoms with E-state index in [1.807, 2.05) is 26.8 Å². The van der Waals surface area contributed by atoms with Crippen LogP contribution in [0.4, 0.5) is 5.82 Å². The molecular weight excluding hydrogens is 302 g/mol. The number of hydrogen-bond acceptors (Lipinski definition) is 5. The molecule has 0 aliphatic carbocycles. The van der Waals surface area contributed by atoms with Crippen LogP contribution >= 0.6 is 0 Å². The maximum Gasteiger partial charge on any atom is 0.289 e. The second-order valence-electron chi connectivity index (χ2n) is 6.63. The van der Waals surface area contributed by atoms with Crippen molar-refractivity contribution in [1.82, 2.24) is 20.3 Å². The number of anilines is 1. The van der Waals surface area contributed by atoms with E-state index >= 15 is 0 Å². The van der Waals surface area contributed by atoms with Gasteiger partial charge in [0.05, 0.1) is 5.39 Å². The van der Waals surface area contributed by atoms with Gasteiger partial charge < -0.3 is 10.2 Å². The molecule has 1 fully saturated rings. The average Bonchev–Trinajstić information content (AvgIpc) is 3.07. The van der Waals surface area contributed by atoms with Crippen LogP contribution in [0.25, 0.3) is 11.0 Å². The van der Waals surface area contributed by atoms with Crippen molar-refractivity contribution in [3.05, 3.63) is 23.1 Å². The van der Waals surface area contributed by atoms with E-state index in [2.05, 4.69) is 32.1 Å². The topological polar surface area (TPSA) is 71.0 Å². The summed E-state index contributed by atoms with van der Waals surface area (Å²) in [5.41, 5.74) is 2.62. The molecule has 0 aromatic carbocycles. The molecule has 0 radical (unpaired) electrons. The summed E-state index contributed by atoms with van der Waals surface area (Å²) >= 11 is 0. The van der Waals surface area contributed by atoms with Gasteiger partial charge in [-0.15, -0.1) is 0 Å². The van der Waals surface area contributed by atoms with Crippen LogP contribution in [0, 0.1) is 13.8 Å². The summed E-state index contributed by atoms with van der Waals surface area (Å²) in [6.45, 7) is 9.95. The molecule has 24 heavy (non-hydrogen) atoms. The second kappa shape index (κ2) is 6.71. The minimum absolute atomic E-state index is 0.0965. The minimum Gasteiger partial charge on any atom is -0.356 e. The van der Waals surface area contributed by atoms with Gasteiger partial charge in [0.1, 0.15) is 5.82 Å². The summed E-state index contributed by atoms with van der Waals surface area (Å²) in [4.78, 5) is 28.4. The number of carbonyl (C=O) groups is 1. The average molecular weight is 327 g/mol. The molecule has 1 aliphatic heterocycles. The monoisotopic (exact) mass is 327 g/mol. The third-order valence-electron chi connectivity index (χ3n) is 4.57. The zero-order valence-electron chi connectivity index (χ0n) is 14.9. The van der Waals surface area contributed by atoms with E-state index in [1.54, 1.807) is 0 Å². The largest absolute Gasteiger partial charge is 0.356 e. The first-order valence-electron chi connectivity index (χ1n) is 8.71. The molecule has 1 atom stereocenters. The van der Waals surface area contributed by atoms with E-state index in [0.717, 1.165) is 54.8 Å². The van der Waals surface area contributed by atoms with Crippen LogP contribution in [-0.2, 0) is 0 Å². The number of fused-ring (bicyclic) bond motifs is 1. The summed E-state index contributed by atoms with van der Waals surface area (Å²) in [6, 6.07) is 2.14. The molecule has 1 amide bonds. The van der Waals surface area contributed by atoms with E-state index in [4.69, 9.17) is 0 Å². The highest BCUT2D eigenvalue weighted by Gasteiger charge is 2.22. The highest BCUT2D eigenvalue weighted by molar-refractivity contribution is 5.97. The van der Waals surface area contributed by atoms with Crippen molar-refractivity contribution in [2.75, 3.05) is 18.0 Å². The molecule has 1 N–H and O–H groups in total. The van der Waals surface area contributed by atoms with Crippen LogP contribution in [0.3, 0.4) is 0 Å². The molecule has 0 saturated carbocycles. The molecule has 6 heteroatoms. The summed E-state index contributed by atoms with van der Waals surface area (Å²) in [5.74, 6) is 0.826. The first-order valence-corrected chi connectivity index (χ1v) is 8.71. The van der Waals surface area contributed by atoms with Crippen molar-refractivity contribution in [1.29, 1.82) is 0 Å². The molecule has 0 unspecified atom stereocenters. The van der Waals surface area contributed by atoms with E-state index < -0.39 is 0 Å². The van der Waals surface area contributed by atoms with Crippen molar-refractivity contribution in [3.8, 4) is 0 Å². The number of carbonyl (C=O) groups excluding carboxylic acids is 1. The van der Waals surface area contributed by atoms with Crippen LogP contribution in [0.15, 0.2) is 6.07 Å². The third kappa shape index (κ3) is 3.18. The van der Waals surface area contributed by atoms with Crippen LogP contribution in [0.5, 0.6) is 0 Å². The van der Waals surface area contributed by atoms with Crippen LogP contribution in [0.2, 0.25) is 0 Å². The number of aryl methyl sites for hydroxylation is 2. The lowest BCUT2D eigenvalue weighted by Gasteiger charge is -2.20. The molecule has 2 aromatic rings. The van der Waals surface area contributed by atoms with Gasteiger partial charge in [0.2, 0.25) is 5.82 Å². The van der Waals surface area contributed by atoms with Crippen molar-refractivity contribution in [2.24, 2.45) is 0 Å². The number of rotatable bonds is 4. The van der Waals surface area contributed by atoms with Crippen molar-refractivity contribution >= 4 is 22.8 Å². The molecule has 1 saturated heterocycles. The molecule has 1 aliphatic rings. The molecule has 0 spiro atoms. The Labute approximate surface area is 142 Å². The van der Waals surface area contributed by atoms with Gasteiger partial charge in [-0.25, -0.2) is 15.0 Å². The lowest BCUT2D eigenvalue weighted by atomic mass is 10.1. The zero-order valence-corrected chi connectivity index (χ0v) is 14.9. The Morgan fingerprint density at radius 3 is 2.62 bits per heavy atom. The predicted octanol–water partition coefficient (Wildman–Crippen LogP) is 2.77. The van der Waals surface area contributed by atoms with Crippen LogP contribution in [-0.4, -0.2) is 40.0 Å². The molecular formula is C18H25N5O. The SMILES string of the molecule is CC[C@@H](C)NC(=O)c1nc(N2CCCC2)c2c(C)cc(C)nc2n1. The Morgan fingerprint density at radius 2 is 1.96 bits per heavy atom. The van der Waals surface area contributed by atoms with Gasteiger partial charge in [0, 0.05) is 24.8 Å². The maximum atomic E-state index is 12.5. The number of pyridine rings is 1. The fraction of sp³-hybridized carbons (Fsp3) is 0.556. The quantitative estimate of drug-likeness (QED) is 0.935. The van der Waals surface area contributed by atoms with E-state index in [9.17, 15) is 4.79 Å². The lowest BCUT2D eigenvalue weighted by Crippen LogP contribution is -2.34. The molecule has 128 valence electrons. The van der Waals surface area contributed by atoms with E-state index in [-0.39, 0.29) is 17.8 Å². The van der Waals surface area contributed by atoms with Gasteiger partial charge in [0.25, 0.3) is 5.91 Å². The molecule has 6 nitrogen and oxygen atoms in total. The van der Waals surface area contributed by atoms with Gasteiger partial charge in [-0.05, 0) is 51.7 Å². The number of hydrogen-bond donors (Lipinski definition) is 1. The molecule has 2 aromatic heterocycles. The zero-order chi connectivity index (χ0) is 17.3. The minimum atomic E-state index is -0.229. The molecule has 0 bridgehead atoms. The normalized spacial score (nSPS) is 15.8. The first kappa shape index (κ1) is 16.6. The third-order valence-corrected chi connectivity index (χ3v) is 4.57. The summed E-state index contributed by atoms with van der Waals surface area (Å²) in [5, 5.41) is 3.91. The van der Waals surface area contributed by atoms with E-state index in [1.165, 1.54) is 0 Å². The van der Waals surface area contributed by atoms with Crippen molar-refractivity contribution in [3.63, 3.8) is 0 Å². The van der Waals surface area contributed by atoms with E-state index in [0.29, 0.717) is 5.65 Å². The standard InChI is InChI=1S/C18H25N5O/c1-5-12(3)20-18(24)16-21-15-14(11(2)10-13(4)19-15)17(22-16)23-8-6-7-9-23/h10,12H,5-9H2,1-4H3,(H,20,24)/t12-/m1/s1. The van der Waals surface area contributed by atoms with Crippen molar-refractivity contribution in [2.45, 2.75) is 53.0 Å². The maximum absolute atomic E-state index is 12.5. The lowest BCUT2D eigenvalue weighted by molar-refractivity contribution is 0.0929. The highest BCUT2D eigenvalue weighted by Crippen LogP contribution is 2.29. The molecule has 3 heterocycles. The Morgan fingerprint density at radius 1 is 1.25 bits per heavy atom. The highest BCUT2D eigenvalue weighted by atomic mass is 16.2. The van der Waals surface area contributed by atoms with Gasteiger partial charge in [-0.3, -0.25) is 4.79 Å². The first-order chi connectivity index (χ1) is 11.5.